The summed E-state index contributed by atoms with van der Waals surface area (Å²) in [6.45, 7) is 2.74. The summed E-state index contributed by atoms with van der Waals surface area (Å²) in [5.41, 5.74) is 1.20. The standard InChI is InChI=1S/C12H14N2O2/c1-3-14(2)11-10(12(15)16)8-6-4-5-7-9(8)13-11/h4-7,13H,3H2,1-2H3,(H,15,16). The normalized spacial score (nSPS) is 10.6. The zero-order valence-electron chi connectivity index (χ0n) is 9.32. The molecule has 84 valence electrons. The lowest BCUT2D eigenvalue weighted by Crippen LogP contribution is -2.18. The second-order valence-electron chi connectivity index (χ2n) is 3.71. The Balaban J connectivity index is 2.73. The van der Waals surface area contributed by atoms with Crippen molar-refractivity contribution >= 4 is 22.7 Å². The molecule has 0 amide bonds. The van der Waals surface area contributed by atoms with Crippen LogP contribution in [0.3, 0.4) is 0 Å². The van der Waals surface area contributed by atoms with Crippen LogP contribution in [0.15, 0.2) is 24.3 Å². The Morgan fingerprint density at radius 1 is 1.44 bits per heavy atom. The van der Waals surface area contributed by atoms with Crippen molar-refractivity contribution in [2.45, 2.75) is 6.92 Å². The zero-order valence-corrected chi connectivity index (χ0v) is 9.32. The Morgan fingerprint density at radius 3 is 2.75 bits per heavy atom. The van der Waals surface area contributed by atoms with Crippen molar-refractivity contribution in [1.82, 2.24) is 4.98 Å². The van der Waals surface area contributed by atoms with E-state index < -0.39 is 5.97 Å². The molecular weight excluding hydrogens is 204 g/mol. The third-order valence-electron chi connectivity index (χ3n) is 2.76. The maximum absolute atomic E-state index is 11.3. The van der Waals surface area contributed by atoms with Crippen LogP contribution in [-0.4, -0.2) is 29.7 Å². The van der Waals surface area contributed by atoms with Gasteiger partial charge in [0.2, 0.25) is 0 Å². The van der Waals surface area contributed by atoms with Gasteiger partial charge in [-0.3, -0.25) is 0 Å². The fraction of sp³-hybridized carbons (Fsp3) is 0.250. The van der Waals surface area contributed by atoms with Crippen LogP contribution in [0.5, 0.6) is 0 Å². The first-order chi connectivity index (χ1) is 7.65. The van der Waals surface area contributed by atoms with E-state index in [9.17, 15) is 9.90 Å². The number of nitrogens with zero attached hydrogens (tertiary/aromatic N) is 1. The van der Waals surface area contributed by atoms with E-state index >= 15 is 0 Å². The highest BCUT2D eigenvalue weighted by atomic mass is 16.4. The van der Waals surface area contributed by atoms with Crippen molar-refractivity contribution in [2.24, 2.45) is 0 Å². The number of anilines is 1. The van der Waals surface area contributed by atoms with Gasteiger partial charge in [0.15, 0.2) is 0 Å². The Hall–Kier alpha value is -1.97. The summed E-state index contributed by atoms with van der Waals surface area (Å²) in [7, 11) is 1.87. The van der Waals surface area contributed by atoms with Crippen molar-refractivity contribution < 1.29 is 9.90 Å². The van der Waals surface area contributed by atoms with Crippen LogP contribution in [0, 0.1) is 0 Å². The highest BCUT2D eigenvalue weighted by Gasteiger charge is 2.19. The number of carboxylic acids is 1. The molecule has 0 unspecified atom stereocenters. The molecule has 4 nitrogen and oxygen atoms in total. The van der Waals surface area contributed by atoms with Gasteiger partial charge >= 0.3 is 5.97 Å². The van der Waals surface area contributed by atoms with Gasteiger partial charge in [-0.25, -0.2) is 4.79 Å². The predicted octanol–water partition coefficient (Wildman–Crippen LogP) is 2.32. The molecule has 4 heteroatoms. The Kier molecular flexibility index (Phi) is 2.56. The topological polar surface area (TPSA) is 56.3 Å². The van der Waals surface area contributed by atoms with Crippen LogP contribution >= 0.6 is 0 Å². The minimum absolute atomic E-state index is 0.347. The molecule has 0 saturated carbocycles. The molecule has 0 fully saturated rings. The molecular formula is C12H14N2O2. The molecule has 1 heterocycles. The van der Waals surface area contributed by atoms with Gasteiger partial charge in [-0.15, -0.1) is 0 Å². The maximum atomic E-state index is 11.3. The van der Waals surface area contributed by atoms with Crippen LogP contribution in [0.1, 0.15) is 17.3 Å². The smallest absolute Gasteiger partial charge is 0.340 e. The summed E-state index contributed by atoms with van der Waals surface area (Å²) in [6.07, 6.45) is 0. The van der Waals surface area contributed by atoms with Crippen molar-refractivity contribution in [3.63, 3.8) is 0 Å². The van der Waals surface area contributed by atoms with Gasteiger partial charge < -0.3 is 15.0 Å². The molecule has 0 radical (unpaired) electrons. The van der Waals surface area contributed by atoms with Gasteiger partial charge in [0.25, 0.3) is 0 Å². The second-order valence-corrected chi connectivity index (χ2v) is 3.71. The average molecular weight is 218 g/mol. The molecule has 0 aliphatic heterocycles. The number of aromatic nitrogens is 1. The van der Waals surface area contributed by atoms with Gasteiger partial charge in [-0.1, -0.05) is 18.2 Å². The third kappa shape index (κ3) is 1.52. The molecule has 2 aromatic rings. The molecule has 0 spiro atoms. The molecule has 0 aliphatic rings. The first kappa shape index (κ1) is 10.5. The number of H-pyrrole nitrogens is 1. The molecule has 2 N–H and O–H groups in total. The Bertz CT molecular complexity index is 531. The number of benzene rings is 1. The number of para-hydroxylation sites is 1. The number of carbonyl (C=O) groups is 1. The number of aromatic amines is 1. The quantitative estimate of drug-likeness (QED) is 0.831. The van der Waals surface area contributed by atoms with Crippen LogP contribution in [0.2, 0.25) is 0 Å². The van der Waals surface area contributed by atoms with Crippen molar-refractivity contribution in [1.29, 1.82) is 0 Å². The van der Waals surface area contributed by atoms with E-state index in [0.29, 0.717) is 11.4 Å². The molecule has 0 bridgehead atoms. The third-order valence-corrected chi connectivity index (χ3v) is 2.76. The number of aromatic carboxylic acids is 1. The molecule has 0 atom stereocenters. The highest BCUT2D eigenvalue weighted by molar-refractivity contribution is 6.08. The summed E-state index contributed by atoms with van der Waals surface area (Å²) in [4.78, 5) is 16.3. The lowest BCUT2D eigenvalue weighted by atomic mass is 10.1. The Labute approximate surface area is 93.5 Å². The van der Waals surface area contributed by atoms with Crippen molar-refractivity contribution in [3.8, 4) is 0 Å². The molecule has 2 rings (SSSR count). The van der Waals surface area contributed by atoms with Crippen molar-refractivity contribution in [3.05, 3.63) is 29.8 Å². The second kappa shape index (κ2) is 3.89. The summed E-state index contributed by atoms with van der Waals surface area (Å²) < 4.78 is 0. The monoisotopic (exact) mass is 218 g/mol. The fourth-order valence-electron chi connectivity index (χ4n) is 1.79. The van der Waals surface area contributed by atoms with Gasteiger partial charge in [-0.2, -0.15) is 0 Å². The van der Waals surface area contributed by atoms with E-state index in [-0.39, 0.29) is 0 Å². The molecule has 0 saturated heterocycles. The molecule has 1 aromatic heterocycles. The minimum atomic E-state index is -0.896. The maximum Gasteiger partial charge on any atom is 0.340 e. The SMILES string of the molecule is CCN(C)c1[nH]c2ccccc2c1C(=O)O. The van der Waals surface area contributed by atoms with Crippen LogP contribution in [-0.2, 0) is 0 Å². The lowest BCUT2D eigenvalue weighted by molar-refractivity contribution is 0.0700. The van der Waals surface area contributed by atoms with E-state index in [4.69, 9.17) is 0 Å². The van der Waals surface area contributed by atoms with E-state index in [1.807, 2.05) is 43.1 Å². The zero-order chi connectivity index (χ0) is 11.7. The van der Waals surface area contributed by atoms with Crippen LogP contribution in [0.25, 0.3) is 10.9 Å². The van der Waals surface area contributed by atoms with Crippen LogP contribution in [0.4, 0.5) is 5.82 Å². The molecule has 1 aromatic carbocycles. The first-order valence-electron chi connectivity index (χ1n) is 5.20. The number of rotatable bonds is 3. The first-order valence-corrected chi connectivity index (χ1v) is 5.20. The van der Waals surface area contributed by atoms with E-state index in [2.05, 4.69) is 4.98 Å². The van der Waals surface area contributed by atoms with Gasteiger partial charge in [0.05, 0.1) is 0 Å². The summed E-state index contributed by atoms with van der Waals surface area (Å²) in [5.74, 6) is -0.232. The number of hydrogen-bond donors (Lipinski definition) is 2. The average Bonchev–Trinajstić information content (AvgIpc) is 2.67. The number of hydrogen-bond acceptors (Lipinski definition) is 2. The predicted molar refractivity (Wildman–Crippen MR) is 64.2 cm³/mol. The molecule has 0 aliphatic carbocycles. The number of nitrogens with one attached hydrogen (secondary N) is 1. The fourth-order valence-corrected chi connectivity index (χ4v) is 1.79. The van der Waals surface area contributed by atoms with Gasteiger partial charge in [0, 0.05) is 24.5 Å². The van der Waals surface area contributed by atoms with Crippen LogP contribution < -0.4 is 4.90 Å². The van der Waals surface area contributed by atoms with E-state index in [1.54, 1.807) is 0 Å². The van der Waals surface area contributed by atoms with E-state index in [0.717, 1.165) is 17.4 Å². The van der Waals surface area contributed by atoms with Gasteiger partial charge in [0.1, 0.15) is 11.4 Å². The Morgan fingerprint density at radius 2 is 2.12 bits per heavy atom. The summed E-state index contributed by atoms with van der Waals surface area (Å²) >= 11 is 0. The van der Waals surface area contributed by atoms with E-state index in [1.165, 1.54) is 0 Å². The number of fused-ring (bicyclic) bond motifs is 1. The highest BCUT2D eigenvalue weighted by Crippen LogP contribution is 2.28. The summed E-state index contributed by atoms with van der Waals surface area (Å²) in [5, 5.41) is 10.0. The van der Waals surface area contributed by atoms with Gasteiger partial charge in [-0.05, 0) is 13.0 Å². The number of carboxylic acid groups (broad SMARTS) is 1. The summed E-state index contributed by atoms with van der Waals surface area (Å²) in [6, 6.07) is 7.44. The largest absolute Gasteiger partial charge is 0.478 e. The lowest BCUT2D eigenvalue weighted by Gasteiger charge is -2.15. The molecule has 16 heavy (non-hydrogen) atoms. The van der Waals surface area contributed by atoms with Crippen molar-refractivity contribution in [2.75, 3.05) is 18.5 Å². The minimum Gasteiger partial charge on any atom is -0.478 e.